The van der Waals surface area contributed by atoms with Crippen molar-refractivity contribution >= 4 is 11.0 Å². The zero-order chi connectivity index (χ0) is 12.4. The van der Waals surface area contributed by atoms with E-state index in [9.17, 15) is 0 Å². The first-order chi connectivity index (χ1) is 8.13. The molecule has 2 aromatic rings. The SMILES string of the molecule is CC(CN)Cc1nc2cnccc2n1C(C)C. The lowest BCUT2D eigenvalue weighted by atomic mass is 10.1. The van der Waals surface area contributed by atoms with E-state index in [2.05, 4.69) is 35.3 Å². The molecule has 0 fully saturated rings. The number of hydrogen-bond acceptors (Lipinski definition) is 3. The number of aromatic nitrogens is 3. The number of hydrogen-bond donors (Lipinski definition) is 1. The Morgan fingerprint density at radius 3 is 2.76 bits per heavy atom. The maximum absolute atomic E-state index is 5.69. The smallest absolute Gasteiger partial charge is 0.110 e. The summed E-state index contributed by atoms with van der Waals surface area (Å²) in [4.78, 5) is 8.79. The first-order valence-electron chi connectivity index (χ1n) is 6.14. The van der Waals surface area contributed by atoms with Gasteiger partial charge in [0, 0.05) is 18.7 Å². The van der Waals surface area contributed by atoms with E-state index in [1.165, 1.54) is 0 Å². The summed E-state index contributed by atoms with van der Waals surface area (Å²) >= 11 is 0. The van der Waals surface area contributed by atoms with Gasteiger partial charge in [-0.15, -0.1) is 0 Å². The van der Waals surface area contributed by atoms with Crippen molar-refractivity contribution in [2.45, 2.75) is 33.2 Å². The molecular weight excluding hydrogens is 212 g/mol. The average molecular weight is 232 g/mol. The Labute approximate surface area is 102 Å². The van der Waals surface area contributed by atoms with Gasteiger partial charge in [0.25, 0.3) is 0 Å². The molecule has 1 unspecified atom stereocenters. The highest BCUT2D eigenvalue weighted by molar-refractivity contribution is 5.74. The lowest BCUT2D eigenvalue weighted by Gasteiger charge is -2.15. The number of nitrogens with zero attached hydrogens (tertiary/aromatic N) is 3. The maximum Gasteiger partial charge on any atom is 0.110 e. The monoisotopic (exact) mass is 232 g/mol. The summed E-state index contributed by atoms with van der Waals surface area (Å²) in [6, 6.07) is 2.43. The second kappa shape index (κ2) is 4.84. The molecule has 0 saturated carbocycles. The summed E-state index contributed by atoms with van der Waals surface area (Å²) in [7, 11) is 0. The highest BCUT2D eigenvalue weighted by Crippen LogP contribution is 2.21. The molecule has 2 rings (SSSR count). The Bertz CT molecular complexity index is 501. The van der Waals surface area contributed by atoms with Gasteiger partial charge in [-0.1, -0.05) is 6.92 Å². The van der Waals surface area contributed by atoms with Gasteiger partial charge >= 0.3 is 0 Å². The van der Waals surface area contributed by atoms with Gasteiger partial charge in [-0.25, -0.2) is 4.98 Å². The highest BCUT2D eigenvalue weighted by Gasteiger charge is 2.14. The van der Waals surface area contributed by atoms with Crippen LogP contribution in [0.2, 0.25) is 0 Å². The fourth-order valence-electron chi connectivity index (χ4n) is 2.12. The third-order valence-corrected chi connectivity index (χ3v) is 3.01. The van der Waals surface area contributed by atoms with Crippen molar-refractivity contribution in [3.63, 3.8) is 0 Å². The molecular formula is C13H20N4. The second-order valence-electron chi connectivity index (χ2n) is 4.90. The van der Waals surface area contributed by atoms with Crippen molar-refractivity contribution in [1.29, 1.82) is 0 Å². The lowest BCUT2D eigenvalue weighted by Crippen LogP contribution is -2.16. The van der Waals surface area contributed by atoms with E-state index in [4.69, 9.17) is 5.73 Å². The molecule has 0 aliphatic rings. The van der Waals surface area contributed by atoms with Gasteiger partial charge in [-0.05, 0) is 32.4 Å². The summed E-state index contributed by atoms with van der Waals surface area (Å²) in [6.45, 7) is 7.21. The highest BCUT2D eigenvalue weighted by atomic mass is 15.1. The topological polar surface area (TPSA) is 56.7 Å². The van der Waals surface area contributed by atoms with Crippen molar-refractivity contribution in [3.05, 3.63) is 24.3 Å². The van der Waals surface area contributed by atoms with Crippen molar-refractivity contribution in [3.8, 4) is 0 Å². The molecule has 0 aliphatic carbocycles. The first kappa shape index (κ1) is 12.0. The quantitative estimate of drug-likeness (QED) is 0.878. The molecule has 0 aliphatic heterocycles. The van der Waals surface area contributed by atoms with Crippen LogP contribution in [-0.2, 0) is 6.42 Å². The van der Waals surface area contributed by atoms with Crippen molar-refractivity contribution in [2.75, 3.05) is 6.54 Å². The molecule has 4 heteroatoms. The van der Waals surface area contributed by atoms with E-state index in [1.807, 2.05) is 18.5 Å². The van der Waals surface area contributed by atoms with Gasteiger partial charge in [0.15, 0.2) is 0 Å². The fourth-order valence-corrected chi connectivity index (χ4v) is 2.12. The number of rotatable bonds is 4. The molecule has 92 valence electrons. The third-order valence-electron chi connectivity index (χ3n) is 3.01. The molecule has 0 bridgehead atoms. The zero-order valence-electron chi connectivity index (χ0n) is 10.7. The first-order valence-corrected chi connectivity index (χ1v) is 6.14. The summed E-state index contributed by atoms with van der Waals surface area (Å²) in [5, 5.41) is 0. The Morgan fingerprint density at radius 1 is 1.35 bits per heavy atom. The largest absolute Gasteiger partial charge is 0.330 e. The minimum Gasteiger partial charge on any atom is -0.330 e. The van der Waals surface area contributed by atoms with Gasteiger partial charge in [-0.2, -0.15) is 0 Å². The van der Waals surface area contributed by atoms with E-state index >= 15 is 0 Å². The Morgan fingerprint density at radius 2 is 2.12 bits per heavy atom. The second-order valence-corrected chi connectivity index (χ2v) is 4.90. The van der Waals surface area contributed by atoms with Gasteiger partial charge in [0.05, 0.1) is 11.7 Å². The number of imidazole rings is 1. The van der Waals surface area contributed by atoms with Crippen molar-refractivity contribution < 1.29 is 0 Å². The lowest BCUT2D eigenvalue weighted by molar-refractivity contribution is 0.521. The molecule has 0 saturated heterocycles. The summed E-state index contributed by atoms with van der Waals surface area (Å²) < 4.78 is 2.28. The van der Waals surface area contributed by atoms with Crippen molar-refractivity contribution in [1.82, 2.24) is 14.5 Å². The van der Waals surface area contributed by atoms with E-state index < -0.39 is 0 Å². The predicted molar refractivity (Wildman–Crippen MR) is 69.8 cm³/mol. The fraction of sp³-hybridized carbons (Fsp3) is 0.538. The number of pyridine rings is 1. The molecule has 17 heavy (non-hydrogen) atoms. The molecule has 0 amide bonds. The molecule has 2 aromatic heterocycles. The van der Waals surface area contributed by atoms with E-state index in [-0.39, 0.29) is 0 Å². The zero-order valence-corrected chi connectivity index (χ0v) is 10.7. The third kappa shape index (κ3) is 2.31. The standard InChI is InChI=1S/C13H20N4/c1-9(2)17-12-4-5-15-8-11(12)16-13(17)6-10(3)7-14/h4-5,8-10H,6-7,14H2,1-3H3. The molecule has 0 spiro atoms. The molecule has 2 heterocycles. The minimum atomic E-state index is 0.405. The molecule has 0 radical (unpaired) electrons. The summed E-state index contributed by atoms with van der Waals surface area (Å²) in [6.07, 6.45) is 4.56. The normalized spacial score (nSPS) is 13.5. The maximum atomic E-state index is 5.69. The molecule has 2 N–H and O–H groups in total. The van der Waals surface area contributed by atoms with Crippen LogP contribution in [0.25, 0.3) is 11.0 Å². The number of fused-ring (bicyclic) bond motifs is 1. The van der Waals surface area contributed by atoms with Crippen LogP contribution in [-0.4, -0.2) is 21.1 Å². The predicted octanol–water partition coefficient (Wildman–Crippen LogP) is 2.15. The Balaban J connectivity index is 2.50. The molecule has 1 atom stereocenters. The van der Waals surface area contributed by atoms with Gasteiger partial charge in [0.2, 0.25) is 0 Å². The van der Waals surface area contributed by atoms with Crippen LogP contribution in [0.3, 0.4) is 0 Å². The van der Waals surface area contributed by atoms with Crippen LogP contribution >= 0.6 is 0 Å². The van der Waals surface area contributed by atoms with Gasteiger partial charge in [0.1, 0.15) is 11.3 Å². The Hall–Kier alpha value is -1.42. The van der Waals surface area contributed by atoms with Crippen LogP contribution in [0, 0.1) is 5.92 Å². The van der Waals surface area contributed by atoms with Crippen LogP contribution in [0.1, 0.15) is 32.6 Å². The molecule has 4 nitrogen and oxygen atoms in total. The van der Waals surface area contributed by atoms with Crippen LogP contribution < -0.4 is 5.73 Å². The van der Waals surface area contributed by atoms with Crippen LogP contribution in [0.4, 0.5) is 0 Å². The van der Waals surface area contributed by atoms with Crippen LogP contribution in [0.5, 0.6) is 0 Å². The number of nitrogens with two attached hydrogens (primary N) is 1. The summed E-state index contributed by atoms with van der Waals surface area (Å²) in [5.41, 5.74) is 7.82. The van der Waals surface area contributed by atoms with E-state index in [1.54, 1.807) is 0 Å². The van der Waals surface area contributed by atoms with Gasteiger partial charge < -0.3 is 10.3 Å². The molecule has 0 aromatic carbocycles. The van der Waals surface area contributed by atoms with Crippen LogP contribution in [0.15, 0.2) is 18.5 Å². The van der Waals surface area contributed by atoms with E-state index in [0.717, 1.165) is 23.3 Å². The van der Waals surface area contributed by atoms with Gasteiger partial charge in [-0.3, -0.25) is 4.98 Å². The minimum absolute atomic E-state index is 0.405. The summed E-state index contributed by atoms with van der Waals surface area (Å²) in [5.74, 6) is 1.57. The average Bonchev–Trinajstić information content (AvgIpc) is 2.66. The van der Waals surface area contributed by atoms with Crippen molar-refractivity contribution in [2.24, 2.45) is 11.7 Å². The Kier molecular flexibility index (Phi) is 3.43. The van der Waals surface area contributed by atoms with E-state index in [0.29, 0.717) is 18.5 Å².